The second kappa shape index (κ2) is 2.42. The zero-order valence-corrected chi connectivity index (χ0v) is 6.21. The van der Waals surface area contributed by atoms with E-state index in [2.05, 4.69) is 5.32 Å². The summed E-state index contributed by atoms with van der Waals surface area (Å²) < 4.78 is 1.99. The monoisotopic (exact) mass is 150 g/mol. The van der Waals surface area contributed by atoms with Crippen LogP contribution >= 0.6 is 0 Å². The molecule has 58 valence electrons. The van der Waals surface area contributed by atoms with Crippen LogP contribution in [0.4, 0.5) is 0 Å². The third kappa shape index (κ3) is 1.02. The Morgan fingerprint density at radius 2 is 2.45 bits per heavy atom. The summed E-state index contributed by atoms with van der Waals surface area (Å²) in [5, 5.41) is 2.83. The Morgan fingerprint density at radius 1 is 1.55 bits per heavy atom. The molecule has 1 aromatic heterocycles. The molecule has 0 saturated heterocycles. The van der Waals surface area contributed by atoms with E-state index in [1.165, 1.54) is 0 Å². The topological polar surface area (TPSA) is 34.0 Å². The summed E-state index contributed by atoms with van der Waals surface area (Å²) in [4.78, 5) is 11.2. The minimum Gasteiger partial charge on any atom is -0.351 e. The van der Waals surface area contributed by atoms with E-state index in [9.17, 15) is 4.79 Å². The number of rotatable bonds is 0. The summed E-state index contributed by atoms with van der Waals surface area (Å²) in [6, 6.07) is 3.75. The van der Waals surface area contributed by atoms with E-state index in [0.29, 0.717) is 0 Å². The lowest BCUT2D eigenvalue weighted by Gasteiger charge is -1.99. The number of hydrogen-bond acceptors (Lipinski definition) is 1. The third-order valence-corrected chi connectivity index (χ3v) is 1.92. The summed E-state index contributed by atoms with van der Waals surface area (Å²) in [6.45, 7) is 1.74. The number of nitrogens with zero attached hydrogens (tertiary/aromatic N) is 1. The largest absolute Gasteiger partial charge is 0.351 e. The zero-order valence-electron chi connectivity index (χ0n) is 6.21. The van der Waals surface area contributed by atoms with Crippen molar-refractivity contribution in [3.63, 3.8) is 0 Å². The summed E-state index contributed by atoms with van der Waals surface area (Å²) in [6.07, 6.45) is 2.97. The SMILES string of the molecule is O=C1NCCCn2cccc21. The number of fused-ring (bicyclic) bond motifs is 1. The van der Waals surface area contributed by atoms with Crippen LogP contribution in [0, 0.1) is 0 Å². The van der Waals surface area contributed by atoms with E-state index in [1.807, 2.05) is 22.9 Å². The lowest BCUT2D eigenvalue weighted by atomic mass is 10.4. The minimum atomic E-state index is 0.0486. The predicted molar refractivity (Wildman–Crippen MR) is 41.4 cm³/mol. The molecule has 0 aliphatic carbocycles. The van der Waals surface area contributed by atoms with Gasteiger partial charge in [0.25, 0.3) is 5.91 Å². The second-order valence-corrected chi connectivity index (χ2v) is 2.70. The number of carbonyl (C=O) groups is 1. The summed E-state index contributed by atoms with van der Waals surface area (Å²) in [5.74, 6) is 0.0486. The number of nitrogens with one attached hydrogen (secondary N) is 1. The molecule has 3 heteroatoms. The molecule has 0 fully saturated rings. The number of aromatic nitrogens is 1. The van der Waals surface area contributed by atoms with Gasteiger partial charge in [-0.05, 0) is 18.6 Å². The molecule has 11 heavy (non-hydrogen) atoms. The predicted octanol–water partition coefficient (Wildman–Crippen LogP) is 0.622. The summed E-state index contributed by atoms with van der Waals surface area (Å²) >= 11 is 0. The van der Waals surface area contributed by atoms with Crippen molar-refractivity contribution in [3.8, 4) is 0 Å². The first-order valence-electron chi connectivity index (χ1n) is 3.81. The van der Waals surface area contributed by atoms with Crippen LogP contribution in [0.3, 0.4) is 0 Å². The van der Waals surface area contributed by atoms with Crippen molar-refractivity contribution < 1.29 is 4.79 Å². The van der Waals surface area contributed by atoms with Gasteiger partial charge in [0.1, 0.15) is 5.69 Å². The van der Waals surface area contributed by atoms with Crippen LogP contribution in [-0.2, 0) is 6.54 Å². The van der Waals surface area contributed by atoms with Gasteiger partial charge < -0.3 is 9.88 Å². The molecule has 0 unspecified atom stereocenters. The van der Waals surface area contributed by atoms with Crippen LogP contribution < -0.4 is 5.32 Å². The molecule has 2 heterocycles. The van der Waals surface area contributed by atoms with Gasteiger partial charge in [-0.15, -0.1) is 0 Å². The molecular weight excluding hydrogens is 140 g/mol. The van der Waals surface area contributed by atoms with E-state index in [1.54, 1.807) is 0 Å². The summed E-state index contributed by atoms with van der Waals surface area (Å²) in [5.41, 5.74) is 0.780. The van der Waals surface area contributed by atoms with Gasteiger partial charge in [-0.25, -0.2) is 0 Å². The molecule has 0 atom stereocenters. The molecule has 3 nitrogen and oxygen atoms in total. The van der Waals surface area contributed by atoms with E-state index in [4.69, 9.17) is 0 Å². The highest BCUT2D eigenvalue weighted by atomic mass is 16.1. The van der Waals surface area contributed by atoms with Gasteiger partial charge in [0, 0.05) is 19.3 Å². The fourth-order valence-electron chi connectivity index (χ4n) is 1.36. The van der Waals surface area contributed by atoms with Crippen molar-refractivity contribution in [2.45, 2.75) is 13.0 Å². The van der Waals surface area contributed by atoms with Crippen molar-refractivity contribution >= 4 is 5.91 Å². The van der Waals surface area contributed by atoms with Crippen molar-refractivity contribution in [1.82, 2.24) is 9.88 Å². The molecule has 1 aromatic rings. The zero-order chi connectivity index (χ0) is 7.68. The van der Waals surface area contributed by atoms with Crippen LogP contribution in [0.2, 0.25) is 0 Å². The Bertz CT molecular complexity index is 277. The average molecular weight is 150 g/mol. The van der Waals surface area contributed by atoms with Gasteiger partial charge in [0.15, 0.2) is 0 Å². The lowest BCUT2D eigenvalue weighted by molar-refractivity contribution is 0.0951. The molecule has 2 rings (SSSR count). The number of amides is 1. The van der Waals surface area contributed by atoms with Crippen LogP contribution in [0.1, 0.15) is 16.9 Å². The third-order valence-electron chi connectivity index (χ3n) is 1.92. The molecule has 0 bridgehead atoms. The molecule has 1 aliphatic heterocycles. The maximum Gasteiger partial charge on any atom is 0.267 e. The maximum atomic E-state index is 11.2. The van der Waals surface area contributed by atoms with Gasteiger partial charge in [-0.2, -0.15) is 0 Å². The van der Waals surface area contributed by atoms with Crippen LogP contribution in [0.25, 0.3) is 0 Å². The first kappa shape index (κ1) is 6.46. The molecule has 1 aliphatic rings. The van der Waals surface area contributed by atoms with E-state index < -0.39 is 0 Å². The number of aryl methyl sites for hydroxylation is 1. The van der Waals surface area contributed by atoms with Gasteiger partial charge in [0.2, 0.25) is 0 Å². The standard InChI is InChI=1S/C8H10N2O/c11-8-7-3-1-5-10(7)6-2-4-9-8/h1,3,5H,2,4,6H2,(H,9,11). The molecule has 1 amide bonds. The van der Waals surface area contributed by atoms with Gasteiger partial charge >= 0.3 is 0 Å². The highest BCUT2D eigenvalue weighted by Gasteiger charge is 2.12. The Labute approximate surface area is 65.0 Å². The first-order chi connectivity index (χ1) is 5.38. The fourth-order valence-corrected chi connectivity index (χ4v) is 1.36. The lowest BCUT2D eigenvalue weighted by Crippen LogP contribution is -2.22. The molecule has 0 saturated carbocycles. The fraction of sp³-hybridized carbons (Fsp3) is 0.375. The van der Waals surface area contributed by atoms with Gasteiger partial charge in [0.05, 0.1) is 0 Å². The quantitative estimate of drug-likeness (QED) is 0.578. The summed E-state index contributed by atoms with van der Waals surface area (Å²) in [7, 11) is 0. The minimum absolute atomic E-state index is 0.0486. The molecule has 1 N–H and O–H groups in total. The van der Waals surface area contributed by atoms with Crippen LogP contribution in [-0.4, -0.2) is 17.0 Å². The average Bonchev–Trinajstić information content (AvgIpc) is 2.40. The number of carbonyl (C=O) groups excluding carboxylic acids is 1. The highest BCUT2D eigenvalue weighted by molar-refractivity contribution is 5.92. The van der Waals surface area contributed by atoms with Crippen molar-refractivity contribution in [1.29, 1.82) is 0 Å². The Balaban J connectivity index is 2.41. The molecular formula is C8H10N2O. The molecule has 0 radical (unpaired) electrons. The van der Waals surface area contributed by atoms with E-state index in [0.717, 1.165) is 25.2 Å². The highest BCUT2D eigenvalue weighted by Crippen LogP contribution is 2.05. The van der Waals surface area contributed by atoms with Crippen molar-refractivity contribution in [3.05, 3.63) is 24.0 Å². The van der Waals surface area contributed by atoms with E-state index in [-0.39, 0.29) is 5.91 Å². The first-order valence-corrected chi connectivity index (χ1v) is 3.81. The van der Waals surface area contributed by atoms with Crippen LogP contribution in [0.15, 0.2) is 18.3 Å². The normalized spacial score (nSPS) is 16.9. The molecule has 0 aromatic carbocycles. The smallest absolute Gasteiger partial charge is 0.267 e. The van der Waals surface area contributed by atoms with E-state index >= 15 is 0 Å². The molecule has 0 spiro atoms. The van der Waals surface area contributed by atoms with Crippen molar-refractivity contribution in [2.24, 2.45) is 0 Å². The second-order valence-electron chi connectivity index (χ2n) is 2.70. The Hall–Kier alpha value is -1.25. The van der Waals surface area contributed by atoms with Crippen molar-refractivity contribution in [2.75, 3.05) is 6.54 Å². The Kier molecular flexibility index (Phi) is 1.42. The van der Waals surface area contributed by atoms with Crippen LogP contribution in [0.5, 0.6) is 0 Å². The van der Waals surface area contributed by atoms with Gasteiger partial charge in [-0.1, -0.05) is 0 Å². The Morgan fingerprint density at radius 3 is 3.36 bits per heavy atom. The number of hydrogen-bond donors (Lipinski definition) is 1. The maximum absolute atomic E-state index is 11.2. The van der Waals surface area contributed by atoms with Gasteiger partial charge in [-0.3, -0.25) is 4.79 Å².